The van der Waals surface area contributed by atoms with Crippen molar-refractivity contribution >= 4 is 7.82 Å². The number of nitrogens with zero attached hydrogens (tertiary/aromatic N) is 1. The molecule has 0 aromatic carbocycles. The summed E-state index contributed by atoms with van der Waals surface area (Å²) in [6.07, 6.45) is 14.4. The zero-order valence-corrected chi connectivity index (χ0v) is 15.5. The fourth-order valence-electron chi connectivity index (χ4n) is 2.71. The second-order valence-electron chi connectivity index (χ2n) is 6.24. The molecular formula is C17H34NO4P. The molecule has 0 aromatic heterocycles. The summed E-state index contributed by atoms with van der Waals surface area (Å²) in [6, 6.07) is 1.99. The quantitative estimate of drug-likeness (QED) is 0.285. The maximum absolute atomic E-state index is 10.9. The molecule has 0 saturated carbocycles. The highest BCUT2D eigenvalue weighted by Crippen LogP contribution is 2.39. The van der Waals surface area contributed by atoms with Crippen LogP contribution in [-0.4, -0.2) is 15.9 Å². The Morgan fingerprint density at radius 1 is 0.913 bits per heavy atom. The van der Waals surface area contributed by atoms with Gasteiger partial charge < -0.3 is 9.79 Å². The molecule has 1 atom stereocenters. The normalized spacial score (nSPS) is 13.0. The van der Waals surface area contributed by atoms with Gasteiger partial charge in [0.05, 0.1) is 12.2 Å². The lowest BCUT2D eigenvalue weighted by molar-refractivity contribution is 0.119. The average Bonchev–Trinajstić information content (AvgIpc) is 2.48. The molecule has 0 spiro atoms. The van der Waals surface area contributed by atoms with E-state index < -0.39 is 13.9 Å². The first-order valence-electron chi connectivity index (χ1n) is 9.10. The van der Waals surface area contributed by atoms with Crippen LogP contribution in [0, 0.1) is 11.3 Å². The van der Waals surface area contributed by atoms with Crippen molar-refractivity contribution in [1.82, 2.24) is 0 Å². The topological polar surface area (TPSA) is 90.5 Å². The molecule has 0 aliphatic carbocycles. The molecule has 6 heteroatoms. The van der Waals surface area contributed by atoms with Crippen molar-refractivity contribution in [2.75, 3.05) is 0 Å². The van der Waals surface area contributed by atoms with Crippen molar-refractivity contribution in [2.24, 2.45) is 0 Å². The Labute approximate surface area is 141 Å². The van der Waals surface area contributed by atoms with E-state index in [9.17, 15) is 4.57 Å². The molecule has 0 heterocycles. The predicted octanol–water partition coefficient (Wildman–Crippen LogP) is 5.47. The van der Waals surface area contributed by atoms with Crippen LogP contribution in [0.4, 0.5) is 0 Å². The van der Waals surface area contributed by atoms with Gasteiger partial charge in [0.15, 0.2) is 0 Å². The molecule has 0 aromatic rings. The SMILES string of the molecule is CCCCCCCCCCCCCC(CCC#N)OP(=O)(O)O. The van der Waals surface area contributed by atoms with E-state index in [1.54, 1.807) is 0 Å². The van der Waals surface area contributed by atoms with Crippen molar-refractivity contribution in [3.8, 4) is 6.07 Å². The zero-order valence-electron chi connectivity index (χ0n) is 14.6. The summed E-state index contributed by atoms with van der Waals surface area (Å²) in [6.45, 7) is 2.23. The maximum atomic E-state index is 10.9. The molecule has 1 unspecified atom stereocenters. The van der Waals surface area contributed by atoms with Crippen LogP contribution in [0.3, 0.4) is 0 Å². The van der Waals surface area contributed by atoms with Crippen LogP contribution in [-0.2, 0) is 9.09 Å². The van der Waals surface area contributed by atoms with Gasteiger partial charge >= 0.3 is 7.82 Å². The highest BCUT2D eigenvalue weighted by atomic mass is 31.2. The van der Waals surface area contributed by atoms with Gasteiger partial charge in [-0.25, -0.2) is 4.57 Å². The summed E-state index contributed by atoms with van der Waals surface area (Å²) >= 11 is 0. The van der Waals surface area contributed by atoms with Gasteiger partial charge in [0.25, 0.3) is 0 Å². The molecule has 0 rings (SSSR count). The molecule has 0 aliphatic rings. The van der Waals surface area contributed by atoms with Gasteiger partial charge in [0, 0.05) is 6.42 Å². The average molecular weight is 347 g/mol. The Morgan fingerprint density at radius 2 is 1.39 bits per heavy atom. The van der Waals surface area contributed by atoms with Gasteiger partial charge in [-0.3, -0.25) is 4.52 Å². The number of rotatable bonds is 16. The molecule has 0 fully saturated rings. The van der Waals surface area contributed by atoms with Crippen LogP contribution in [0.25, 0.3) is 0 Å². The Kier molecular flexibility index (Phi) is 14.9. The van der Waals surface area contributed by atoms with Gasteiger partial charge in [0.1, 0.15) is 0 Å². The van der Waals surface area contributed by atoms with Crippen LogP contribution in [0.5, 0.6) is 0 Å². The first-order valence-corrected chi connectivity index (χ1v) is 10.6. The van der Waals surface area contributed by atoms with Gasteiger partial charge in [-0.15, -0.1) is 0 Å². The van der Waals surface area contributed by atoms with Crippen LogP contribution < -0.4 is 0 Å². The minimum Gasteiger partial charge on any atom is -0.303 e. The lowest BCUT2D eigenvalue weighted by Crippen LogP contribution is -2.11. The molecule has 5 nitrogen and oxygen atoms in total. The smallest absolute Gasteiger partial charge is 0.303 e. The Hall–Kier alpha value is -0.400. The van der Waals surface area contributed by atoms with Gasteiger partial charge in [-0.1, -0.05) is 77.6 Å². The first-order chi connectivity index (χ1) is 11.0. The fourth-order valence-corrected chi connectivity index (χ4v) is 3.30. The van der Waals surface area contributed by atoms with E-state index in [1.807, 2.05) is 6.07 Å². The highest BCUT2D eigenvalue weighted by Gasteiger charge is 2.21. The van der Waals surface area contributed by atoms with Crippen molar-refractivity contribution in [3.63, 3.8) is 0 Å². The summed E-state index contributed by atoms with van der Waals surface area (Å²) in [4.78, 5) is 17.7. The van der Waals surface area contributed by atoms with E-state index in [-0.39, 0.29) is 6.42 Å². The Balaban J connectivity index is 3.55. The van der Waals surface area contributed by atoms with Crippen molar-refractivity contribution in [3.05, 3.63) is 0 Å². The van der Waals surface area contributed by atoms with Crippen molar-refractivity contribution in [1.29, 1.82) is 5.26 Å². The maximum Gasteiger partial charge on any atom is 0.469 e. The van der Waals surface area contributed by atoms with Gasteiger partial charge in [-0.2, -0.15) is 5.26 Å². The number of phosphoric acid groups is 1. The molecule has 0 saturated heterocycles. The molecule has 23 heavy (non-hydrogen) atoms. The van der Waals surface area contributed by atoms with E-state index in [0.29, 0.717) is 12.8 Å². The molecule has 136 valence electrons. The first kappa shape index (κ1) is 22.6. The molecule has 0 bridgehead atoms. The number of hydrogen-bond acceptors (Lipinski definition) is 3. The van der Waals surface area contributed by atoms with E-state index in [0.717, 1.165) is 19.3 Å². The van der Waals surface area contributed by atoms with E-state index >= 15 is 0 Å². The van der Waals surface area contributed by atoms with E-state index in [2.05, 4.69) is 6.92 Å². The lowest BCUT2D eigenvalue weighted by Gasteiger charge is -2.16. The molecule has 0 radical (unpaired) electrons. The number of nitriles is 1. The predicted molar refractivity (Wildman–Crippen MR) is 92.8 cm³/mol. The number of unbranched alkanes of at least 4 members (excludes halogenated alkanes) is 10. The van der Waals surface area contributed by atoms with Crippen LogP contribution in [0.15, 0.2) is 0 Å². The summed E-state index contributed by atoms with van der Waals surface area (Å²) in [5.74, 6) is 0. The third-order valence-corrected chi connectivity index (χ3v) is 4.57. The van der Waals surface area contributed by atoms with Crippen LogP contribution in [0.1, 0.15) is 96.8 Å². The van der Waals surface area contributed by atoms with Gasteiger partial charge in [-0.05, 0) is 12.8 Å². The van der Waals surface area contributed by atoms with Crippen molar-refractivity contribution in [2.45, 2.75) is 103 Å². The van der Waals surface area contributed by atoms with Crippen LogP contribution in [0.2, 0.25) is 0 Å². The summed E-state index contributed by atoms with van der Waals surface area (Å²) < 4.78 is 15.6. The molecular weight excluding hydrogens is 313 g/mol. The van der Waals surface area contributed by atoms with Crippen molar-refractivity contribution < 1.29 is 18.9 Å². The summed E-state index contributed by atoms with van der Waals surface area (Å²) in [5.41, 5.74) is 0. The largest absolute Gasteiger partial charge is 0.469 e. The third-order valence-electron chi connectivity index (χ3n) is 3.99. The lowest BCUT2D eigenvalue weighted by atomic mass is 10.0. The van der Waals surface area contributed by atoms with Crippen LogP contribution >= 0.6 is 7.82 Å². The summed E-state index contributed by atoms with van der Waals surface area (Å²) in [5, 5.41) is 8.57. The molecule has 2 N–H and O–H groups in total. The van der Waals surface area contributed by atoms with E-state index in [4.69, 9.17) is 19.6 Å². The standard InChI is InChI=1S/C17H34NO4P/c1-2-3-4-5-6-7-8-9-10-11-12-14-17(15-13-16-18)22-23(19,20)21/h17H,2-15H2,1H3,(H2,19,20,21). The third kappa shape index (κ3) is 17.8. The second-order valence-corrected chi connectivity index (χ2v) is 7.43. The van der Waals surface area contributed by atoms with Gasteiger partial charge in [0.2, 0.25) is 0 Å². The minimum atomic E-state index is -4.45. The van der Waals surface area contributed by atoms with E-state index in [1.165, 1.54) is 51.4 Å². The summed E-state index contributed by atoms with van der Waals surface area (Å²) in [7, 11) is -4.45. The second kappa shape index (κ2) is 15.1. The molecule has 0 amide bonds. The monoisotopic (exact) mass is 347 g/mol. The number of hydrogen-bond donors (Lipinski definition) is 2. The number of phosphoric ester groups is 1. The fraction of sp³-hybridized carbons (Fsp3) is 0.941. The Bertz CT molecular complexity index is 351. The highest BCUT2D eigenvalue weighted by molar-refractivity contribution is 7.46. The zero-order chi connectivity index (χ0) is 17.4. The Morgan fingerprint density at radius 3 is 1.83 bits per heavy atom. The molecule has 0 aliphatic heterocycles. The minimum absolute atomic E-state index is 0.267.